The normalized spacial score (nSPS) is 14.2. The van der Waals surface area contributed by atoms with E-state index >= 15 is 0 Å². The lowest BCUT2D eigenvalue weighted by Crippen LogP contribution is -2.48. The summed E-state index contributed by atoms with van der Waals surface area (Å²) in [6, 6.07) is -0.518. The van der Waals surface area contributed by atoms with Gasteiger partial charge in [0.2, 0.25) is 5.91 Å². The summed E-state index contributed by atoms with van der Waals surface area (Å²) >= 11 is 5.54. The van der Waals surface area contributed by atoms with Crippen LogP contribution in [-0.2, 0) is 4.79 Å². The van der Waals surface area contributed by atoms with E-state index in [-0.39, 0.29) is 6.04 Å². The molecule has 0 aliphatic carbocycles. The summed E-state index contributed by atoms with van der Waals surface area (Å²) in [5, 5.41) is 4.16. The van der Waals surface area contributed by atoms with E-state index in [9.17, 15) is 9.59 Å². The zero-order valence-corrected chi connectivity index (χ0v) is 11.7. The van der Waals surface area contributed by atoms with E-state index in [4.69, 9.17) is 11.6 Å². The molecule has 3 amide bonds. The average molecular weight is 264 g/mol. The summed E-state index contributed by atoms with van der Waals surface area (Å²) in [6.07, 6.45) is 0. The van der Waals surface area contributed by atoms with Gasteiger partial charge in [0.05, 0.1) is 0 Å². The van der Waals surface area contributed by atoms with Crippen LogP contribution in [0.25, 0.3) is 0 Å². The van der Waals surface area contributed by atoms with Crippen LogP contribution in [0.4, 0.5) is 4.79 Å². The van der Waals surface area contributed by atoms with Crippen LogP contribution >= 0.6 is 11.6 Å². The predicted molar refractivity (Wildman–Crippen MR) is 69.2 cm³/mol. The Morgan fingerprint density at radius 2 is 1.76 bits per heavy atom. The van der Waals surface area contributed by atoms with Crippen molar-refractivity contribution in [2.75, 3.05) is 19.6 Å². The van der Waals surface area contributed by atoms with Crippen molar-refractivity contribution in [2.45, 2.75) is 39.1 Å². The molecule has 2 unspecified atom stereocenters. The summed E-state index contributed by atoms with van der Waals surface area (Å²) in [7, 11) is 0. The maximum absolute atomic E-state index is 11.4. The number of nitrogens with one attached hydrogen (secondary N) is 2. The molecule has 0 fully saturated rings. The zero-order valence-electron chi connectivity index (χ0n) is 10.9. The van der Waals surface area contributed by atoms with Gasteiger partial charge in [-0.05, 0) is 26.9 Å². The third-order valence-electron chi connectivity index (χ3n) is 2.40. The molecule has 0 aromatic heterocycles. The highest BCUT2D eigenvalue weighted by Gasteiger charge is 2.15. The molecule has 100 valence electrons. The first-order valence-corrected chi connectivity index (χ1v) is 6.32. The number of imide groups is 1. The van der Waals surface area contributed by atoms with Crippen molar-refractivity contribution in [3.63, 3.8) is 0 Å². The fraction of sp³-hybridized carbons (Fsp3) is 0.818. The summed E-state index contributed by atoms with van der Waals surface area (Å²) in [6.45, 7) is 10.2. The lowest BCUT2D eigenvalue weighted by Gasteiger charge is -2.23. The molecule has 2 N–H and O–H groups in total. The summed E-state index contributed by atoms with van der Waals surface area (Å²) in [5.74, 6) is -0.487. The van der Waals surface area contributed by atoms with Crippen LogP contribution in [0.1, 0.15) is 27.7 Å². The van der Waals surface area contributed by atoms with Crippen LogP contribution in [0.15, 0.2) is 0 Å². The fourth-order valence-electron chi connectivity index (χ4n) is 1.39. The zero-order chi connectivity index (χ0) is 13.4. The number of hydrogen-bond acceptors (Lipinski definition) is 3. The number of rotatable bonds is 6. The minimum absolute atomic E-state index is 0.0201. The van der Waals surface area contributed by atoms with Crippen molar-refractivity contribution < 1.29 is 9.59 Å². The maximum Gasteiger partial charge on any atom is 0.321 e. The Bertz CT molecular complexity index is 255. The monoisotopic (exact) mass is 263 g/mol. The van der Waals surface area contributed by atoms with E-state index in [0.717, 1.165) is 19.6 Å². The molecule has 0 saturated heterocycles. The number of halogens is 1. The van der Waals surface area contributed by atoms with E-state index < -0.39 is 17.3 Å². The Hall–Kier alpha value is -0.810. The van der Waals surface area contributed by atoms with Gasteiger partial charge in [0.15, 0.2) is 0 Å². The van der Waals surface area contributed by atoms with Gasteiger partial charge in [0.1, 0.15) is 5.38 Å². The Balaban J connectivity index is 3.99. The molecule has 6 heteroatoms. The van der Waals surface area contributed by atoms with E-state index in [1.165, 1.54) is 6.92 Å². The van der Waals surface area contributed by atoms with Gasteiger partial charge in [-0.1, -0.05) is 13.8 Å². The van der Waals surface area contributed by atoms with Crippen LogP contribution in [0.2, 0.25) is 0 Å². The van der Waals surface area contributed by atoms with Crippen LogP contribution in [0.3, 0.4) is 0 Å². The third-order valence-corrected chi connectivity index (χ3v) is 2.60. The van der Waals surface area contributed by atoms with Gasteiger partial charge in [-0.3, -0.25) is 10.1 Å². The van der Waals surface area contributed by atoms with Crippen molar-refractivity contribution in [2.24, 2.45) is 0 Å². The van der Waals surface area contributed by atoms with E-state index in [2.05, 4.69) is 29.4 Å². The smallest absolute Gasteiger partial charge is 0.321 e. The third kappa shape index (κ3) is 7.18. The molecule has 0 aromatic carbocycles. The van der Waals surface area contributed by atoms with Gasteiger partial charge >= 0.3 is 6.03 Å². The molecule has 17 heavy (non-hydrogen) atoms. The van der Waals surface area contributed by atoms with Crippen LogP contribution < -0.4 is 10.6 Å². The van der Waals surface area contributed by atoms with Crippen molar-refractivity contribution in [3.05, 3.63) is 0 Å². The number of urea groups is 1. The minimum Gasteiger partial charge on any atom is -0.334 e. The molecule has 2 atom stereocenters. The van der Waals surface area contributed by atoms with E-state index in [1.807, 2.05) is 6.92 Å². The molecule has 5 nitrogen and oxygen atoms in total. The van der Waals surface area contributed by atoms with Crippen molar-refractivity contribution >= 4 is 23.5 Å². The van der Waals surface area contributed by atoms with Gasteiger partial charge in [-0.2, -0.15) is 0 Å². The molecule has 0 aromatic rings. The Morgan fingerprint density at radius 3 is 2.18 bits per heavy atom. The first kappa shape index (κ1) is 16.2. The highest BCUT2D eigenvalue weighted by Crippen LogP contribution is 1.94. The Morgan fingerprint density at radius 1 is 1.24 bits per heavy atom. The number of carbonyl (C=O) groups excluding carboxylic acids is 2. The fourth-order valence-corrected chi connectivity index (χ4v) is 1.44. The van der Waals surface area contributed by atoms with Crippen molar-refractivity contribution in [3.8, 4) is 0 Å². The second-order valence-electron chi connectivity index (χ2n) is 3.97. The average Bonchev–Trinajstić information content (AvgIpc) is 2.25. The quantitative estimate of drug-likeness (QED) is 0.707. The summed E-state index contributed by atoms with van der Waals surface area (Å²) in [4.78, 5) is 24.8. The maximum atomic E-state index is 11.4. The largest absolute Gasteiger partial charge is 0.334 e. The lowest BCUT2D eigenvalue weighted by atomic mass is 10.3. The molecule has 0 aliphatic heterocycles. The molecule has 0 radical (unpaired) electrons. The second-order valence-corrected chi connectivity index (χ2v) is 4.62. The number of amides is 3. The standard InChI is InChI=1S/C11H22ClN3O2/c1-5-15(6-2)7-8(3)13-11(17)14-10(16)9(4)12/h8-9H,5-7H2,1-4H3,(H2,13,14,16,17). The molecule has 0 heterocycles. The van der Waals surface area contributed by atoms with Crippen molar-refractivity contribution in [1.29, 1.82) is 0 Å². The molecular weight excluding hydrogens is 242 g/mol. The van der Waals surface area contributed by atoms with E-state index in [0.29, 0.717) is 0 Å². The minimum atomic E-state index is -0.709. The number of alkyl halides is 1. The number of carbonyl (C=O) groups is 2. The first-order chi connectivity index (χ1) is 7.90. The number of likely N-dealkylation sites (N-methyl/N-ethyl adjacent to an activating group) is 1. The predicted octanol–water partition coefficient (Wildman–Crippen LogP) is 1.17. The van der Waals surface area contributed by atoms with Gasteiger partial charge < -0.3 is 10.2 Å². The van der Waals surface area contributed by atoms with Crippen LogP contribution in [0, 0.1) is 0 Å². The number of nitrogens with zero attached hydrogens (tertiary/aromatic N) is 1. The molecule has 0 aliphatic rings. The van der Waals surface area contributed by atoms with Crippen LogP contribution in [0.5, 0.6) is 0 Å². The lowest BCUT2D eigenvalue weighted by molar-refractivity contribution is -0.119. The second kappa shape index (κ2) is 8.31. The van der Waals surface area contributed by atoms with Gasteiger partial charge in [0.25, 0.3) is 0 Å². The topological polar surface area (TPSA) is 61.4 Å². The molecule has 0 spiro atoms. The highest BCUT2D eigenvalue weighted by molar-refractivity contribution is 6.31. The Labute approximate surface area is 108 Å². The molecule has 0 rings (SSSR count). The molecule has 0 bridgehead atoms. The van der Waals surface area contributed by atoms with Gasteiger partial charge in [0, 0.05) is 12.6 Å². The van der Waals surface area contributed by atoms with Gasteiger partial charge in [-0.15, -0.1) is 11.6 Å². The molecule has 0 saturated carbocycles. The van der Waals surface area contributed by atoms with Gasteiger partial charge in [-0.25, -0.2) is 4.79 Å². The van der Waals surface area contributed by atoms with Crippen LogP contribution in [-0.4, -0.2) is 47.9 Å². The number of hydrogen-bond donors (Lipinski definition) is 2. The van der Waals surface area contributed by atoms with Crippen molar-refractivity contribution in [1.82, 2.24) is 15.5 Å². The molecular formula is C11H22ClN3O2. The Kier molecular flexibility index (Phi) is 7.91. The SMILES string of the molecule is CCN(CC)CC(C)NC(=O)NC(=O)C(C)Cl. The highest BCUT2D eigenvalue weighted by atomic mass is 35.5. The first-order valence-electron chi connectivity index (χ1n) is 5.88. The summed E-state index contributed by atoms with van der Waals surface area (Å²) in [5.41, 5.74) is 0. The van der Waals surface area contributed by atoms with E-state index in [1.54, 1.807) is 0 Å². The summed E-state index contributed by atoms with van der Waals surface area (Å²) < 4.78 is 0.